The number of sulfone groups is 1. The Morgan fingerprint density at radius 1 is 1.55 bits per heavy atom. The number of aliphatic hydroxyl groups excluding tert-OH is 1. The fourth-order valence-corrected chi connectivity index (χ4v) is 3.99. The predicted octanol–water partition coefficient (Wildman–Crippen LogP) is -1.01. The summed E-state index contributed by atoms with van der Waals surface area (Å²) in [6.45, 7) is 1.73. The van der Waals surface area contributed by atoms with Crippen LogP contribution >= 0.6 is 0 Å². The molecule has 0 aliphatic carbocycles. The third-order valence-electron chi connectivity index (χ3n) is 3.31. The molecule has 0 bridgehead atoms. The van der Waals surface area contributed by atoms with E-state index in [0.717, 1.165) is 0 Å². The molecule has 1 saturated heterocycles. The minimum Gasteiger partial charge on any atom is -0.395 e. The third kappa shape index (κ3) is 3.15. The first kappa shape index (κ1) is 14.9. The number of amides is 1. The molecule has 1 aromatic heterocycles. The number of carbonyl (C=O) groups is 1. The minimum absolute atomic E-state index is 0.0135. The zero-order chi connectivity index (χ0) is 14.8. The molecule has 1 unspecified atom stereocenters. The number of aromatic amines is 1. The number of H-pyrrole nitrogens is 1. The Morgan fingerprint density at radius 3 is 2.80 bits per heavy atom. The zero-order valence-electron chi connectivity index (χ0n) is 11.2. The van der Waals surface area contributed by atoms with Crippen LogP contribution in [-0.4, -0.2) is 70.2 Å². The molecule has 2 N–H and O–H groups in total. The molecule has 9 heteroatoms. The first-order chi connectivity index (χ1) is 9.46. The smallest absolute Gasteiger partial charge is 0.293 e. The number of hydrogen-bond donors (Lipinski definition) is 2. The molecular weight excluding hydrogens is 284 g/mol. The standard InChI is InChI=1S/C11H18N4O4S/c1-2-9-12-10(14-13-9)11(17)15(4-5-16)8-3-6-20(18,19)7-8/h8,16H,2-7H2,1H3,(H,12,13,14). The van der Waals surface area contributed by atoms with Crippen LogP contribution < -0.4 is 0 Å². The molecule has 112 valence electrons. The molecule has 20 heavy (non-hydrogen) atoms. The Morgan fingerprint density at radius 2 is 2.30 bits per heavy atom. The highest BCUT2D eigenvalue weighted by Gasteiger charge is 2.35. The van der Waals surface area contributed by atoms with Gasteiger partial charge in [-0.25, -0.2) is 13.4 Å². The third-order valence-corrected chi connectivity index (χ3v) is 5.06. The van der Waals surface area contributed by atoms with Gasteiger partial charge in [0, 0.05) is 19.0 Å². The number of nitrogens with one attached hydrogen (secondary N) is 1. The van der Waals surface area contributed by atoms with Gasteiger partial charge in [-0.1, -0.05) is 6.92 Å². The van der Waals surface area contributed by atoms with Crippen molar-refractivity contribution in [3.05, 3.63) is 11.6 Å². The number of hydrogen-bond acceptors (Lipinski definition) is 6. The van der Waals surface area contributed by atoms with Crippen LogP contribution in [-0.2, 0) is 16.3 Å². The molecular formula is C11H18N4O4S. The number of aryl methyl sites for hydroxylation is 1. The quantitative estimate of drug-likeness (QED) is 0.720. The van der Waals surface area contributed by atoms with Crippen LogP contribution in [0.3, 0.4) is 0 Å². The number of nitrogens with zero attached hydrogens (tertiary/aromatic N) is 3. The fourth-order valence-electron chi connectivity index (χ4n) is 2.26. The van der Waals surface area contributed by atoms with Gasteiger partial charge in [-0.05, 0) is 6.42 Å². The lowest BCUT2D eigenvalue weighted by Gasteiger charge is -2.26. The SMILES string of the molecule is CCc1nc(C(=O)N(CCO)C2CCS(=O)(=O)C2)n[nH]1. The summed E-state index contributed by atoms with van der Waals surface area (Å²) in [5.74, 6) is 0.165. The molecule has 1 aliphatic heterocycles. The van der Waals surface area contributed by atoms with Crippen LogP contribution in [0.15, 0.2) is 0 Å². The largest absolute Gasteiger partial charge is 0.395 e. The van der Waals surface area contributed by atoms with Gasteiger partial charge in [0.2, 0.25) is 5.82 Å². The first-order valence-corrected chi connectivity index (χ1v) is 8.32. The van der Waals surface area contributed by atoms with Gasteiger partial charge in [0.15, 0.2) is 9.84 Å². The van der Waals surface area contributed by atoms with Crippen LogP contribution in [0.5, 0.6) is 0 Å². The molecule has 2 rings (SSSR count). The van der Waals surface area contributed by atoms with Gasteiger partial charge in [-0.15, -0.1) is 5.10 Å². The maximum atomic E-state index is 12.3. The van der Waals surface area contributed by atoms with Gasteiger partial charge in [-0.2, -0.15) is 0 Å². The van der Waals surface area contributed by atoms with Crippen molar-refractivity contribution >= 4 is 15.7 Å². The van der Waals surface area contributed by atoms with Crippen LogP contribution in [0.25, 0.3) is 0 Å². The van der Waals surface area contributed by atoms with Crippen molar-refractivity contribution in [2.45, 2.75) is 25.8 Å². The number of carbonyl (C=O) groups excluding carboxylic acids is 1. The fraction of sp³-hybridized carbons (Fsp3) is 0.727. The molecule has 1 aromatic rings. The predicted molar refractivity (Wildman–Crippen MR) is 70.9 cm³/mol. The summed E-state index contributed by atoms with van der Waals surface area (Å²) in [5, 5.41) is 15.6. The van der Waals surface area contributed by atoms with E-state index in [-0.39, 0.29) is 30.5 Å². The molecule has 1 amide bonds. The van der Waals surface area contributed by atoms with E-state index in [9.17, 15) is 13.2 Å². The summed E-state index contributed by atoms with van der Waals surface area (Å²) >= 11 is 0. The van der Waals surface area contributed by atoms with E-state index in [1.165, 1.54) is 4.90 Å². The van der Waals surface area contributed by atoms with Crippen LogP contribution in [0.4, 0.5) is 0 Å². The lowest BCUT2D eigenvalue weighted by molar-refractivity contribution is 0.0643. The summed E-state index contributed by atoms with van der Waals surface area (Å²) in [6.07, 6.45) is 1.01. The highest BCUT2D eigenvalue weighted by atomic mass is 32.2. The van der Waals surface area contributed by atoms with Crippen LogP contribution in [0, 0.1) is 0 Å². The van der Waals surface area contributed by atoms with Crippen molar-refractivity contribution in [1.29, 1.82) is 0 Å². The van der Waals surface area contributed by atoms with E-state index < -0.39 is 21.8 Å². The van der Waals surface area contributed by atoms with Crippen molar-refractivity contribution in [3.63, 3.8) is 0 Å². The Kier molecular flexibility index (Phi) is 4.39. The second kappa shape index (κ2) is 5.88. The Bertz CT molecular complexity index is 583. The normalized spacial score (nSPS) is 21.0. The van der Waals surface area contributed by atoms with Gasteiger partial charge in [-0.3, -0.25) is 9.89 Å². The summed E-state index contributed by atoms with van der Waals surface area (Å²) in [6, 6.07) is -0.414. The second-order valence-corrected chi connectivity index (χ2v) is 6.97. The second-order valence-electron chi connectivity index (χ2n) is 4.74. The maximum absolute atomic E-state index is 12.3. The van der Waals surface area contributed by atoms with E-state index in [1.54, 1.807) is 0 Å². The van der Waals surface area contributed by atoms with Gasteiger partial charge in [0.1, 0.15) is 5.82 Å². The summed E-state index contributed by atoms with van der Waals surface area (Å²) in [5.41, 5.74) is 0. The average Bonchev–Trinajstić information content (AvgIpc) is 3.01. The van der Waals surface area contributed by atoms with Gasteiger partial charge in [0.25, 0.3) is 5.91 Å². The topological polar surface area (TPSA) is 116 Å². The molecule has 0 aromatic carbocycles. The summed E-state index contributed by atoms with van der Waals surface area (Å²) < 4.78 is 23.0. The van der Waals surface area contributed by atoms with Crippen LogP contribution in [0.2, 0.25) is 0 Å². The Hall–Kier alpha value is -1.48. The van der Waals surface area contributed by atoms with E-state index in [4.69, 9.17) is 5.11 Å². The van der Waals surface area contributed by atoms with Crippen molar-refractivity contribution in [2.75, 3.05) is 24.7 Å². The van der Waals surface area contributed by atoms with Gasteiger partial charge >= 0.3 is 0 Å². The van der Waals surface area contributed by atoms with Crippen molar-refractivity contribution < 1.29 is 18.3 Å². The zero-order valence-corrected chi connectivity index (χ0v) is 12.1. The number of aliphatic hydroxyl groups is 1. The molecule has 8 nitrogen and oxygen atoms in total. The Labute approximate surface area is 117 Å². The number of aromatic nitrogens is 3. The minimum atomic E-state index is -3.10. The highest BCUT2D eigenvalue weighted by molar-refractivity contribution is 7.91. The van der Waals surface area contributed by atoms with Crippen molar-refractivity contribution in [3.8, 4) is 0 Å². The van der Waals surface area contributed by atoms with Gasteiger partial charge < -0.3 is 10.0 Å². The number of rotatable bonds is 5. The Balaban J connectivity index is 2.18. The lowest BCUT2D eigenvalue weighted by atomic mass is 10.2. The molecule has 0 spiro atoms. The summed E-state index contributed by atoms with van der Waals surface area (Å²) in [4.78, 5) is 17.7. The monoisotopic (exact) mass is 302 g/mol. The molecule has 0 radical (unpaired) electrons. The first-order valence-electron chi connectivity index (χ1n) is 6.50. The summed E-state index contributed by atoms with van der Waals surface area (Å²) in [7, 11) is -3.10. The molecule has 2 heterocycles. The van der Waals surface area contributed by atoms with Crippen molar-refractivity contribution in [2.24, 2.45) is 0 Å². The van der Waals surface area contributed by atoms with E-state index in [0.29, 0.717) is 18.7 Å². The van der Waals surface area contributed by atoms with Crippen LogP contribution in [0.1, 0.15) is 29.8 Å². The lowest BCUT2D eigenvalue weighted by Crippen LogP contribution is -2.43. The molecule has 1 aliphatic rings. The van der Waals surface area contributed by atoms with E-state index >= 15 is 0 Å². The maximum Gasteiger partial charge on any atom is 0.293 e. The molecule has 0 saturated carbocycles. The molecule has 1 atom stereocenters. The van der Waals surface area contributed by atoms with Gasteiger partial charge in [0.05, 0.1) is 18.1 Å². The molecule has 1 fully saturated rings. The average molecular weight is 302 g/mol. The van der Waals surface area contributed by atoms with Crippen molar-refractivity contribution in [1.82, 2.24) is 20.1 Å². The van der Waals surface area contributed by atoms with E-state index in [2.05, 4.69) is 15.2 Å². The highest BCUT2D eigenvalue weighted by Crippen LogP contribution is 2.19. The van der Waals surface area contributed by atoms with E-state index in [1.807, 2.05) is 6.92 Å².